The Labute approximate surface area is 165 Å². The van der Waals surface area contributed by atoms with E-state index < -0.39 is 23.7 Å². The summed E-state index contributed by atoms with van der Waals surface area (Å²) in [5.74, 6) is -1.00. The van der Waals surface area contributed by atoms with Gasteiger partial charge in [-0.05, 0) is 39.0 Å². The molecule has 28 heavy (non-hydrogen) atoms. The van der Waals surface area contributed by atoms with Gasteiger partial charge < -0.3 is 9.84 Å². The fourth-order valence-electron chi connectivity index (χ4n) is 3.33. The van der Waals surface area contributed by atoms with E-state index in [2.05, 4.69) is 10.1 Å². The Bertz CT molecular complexity index is 1070. The zero-order chi connectivity index (χ0) is 20.1. The summed E-state index contributed by atoms with van der Waals surface area (Å²) in [7, 11) is 0. The summed E-state index contributed by atoms with van der Waals surface area (Å²) in [5.41, 5.74) is 1.87. The Morgan fingerprint density at radius 1 is 1.36 bits per heavy atom. The number of carboxylic acids is 1. The average molecular weight is 400 g/mol. The lowest BCUT2D eigenvalue weighted by Gasteiger charge is -2.35. The van der Waals surface area contributed by atoms with Crippen molar-refractivity contribution in [1.29, 1.82) is 0 Å². The first-order valence-corrected chi connectivity index (χ1v) is 9.76. The standard InChI is InChI=1S/C19H20N4O4S/c1-19(2,3)27-18(26)22-8-6-12-15(23-14(21-12)5-4-7-20-23)16(22)13-9-11(10-28-13)17(24)25/h4-5,7,9-10,16H,6,8H2,1-3H3,(H,24,25). The van der Waals surface area contributed by atoms with Crippen molar-refractivity contribution in [3.8, 4) is 0 Å². The quantitative estimate of drug-likeness (QED) is 0.708. The van der Waals surface area contributed by atoms with Crippen molar-refractivity contribution in [1.82, 2.24) is 19.5 Å². The van der Waals surface area contributed by atoms with Crippen molar-refractivity contribution >= 4 is 29.0 Å². The van der Waals surface area contributed by atoms with Gasteiger partial charge in [-0.25, -0.2) is 19.1 Å². The minimum atomic E-state index is -1.00. The third-order valence-corrected chi connectivity index (χ3v) is 5.41. The topological polar surface area (TPSA) is 97.0 Å². The van der Waals surface area contributed by atoms with Crippen LogP contribution in [-0.2, 0) is 11.2 Å². The van der Waals surface area contributed by atoms with Crippen LogP contribution in [0.5, 0.6) is 0 Å². The number of hydrogen-bond acceptors (Lipinski definition) is 6. The molecule has 0 aromatic carbocycles. The highest BCUT2D eigenvalue weighted by molar-refractivity contribution is 7.10. The molecule has 0 aliphatic carbocycles. The van der Waals surface area contributed by atoms with Gasteiger partial charge in [-0.15, -0.1) is 11.3 Å². The van der Waals surface area contributed by atoms with Crippen LogP contribution in [0.1, 0.15) is 53.4 Å². The molecule has 0 saturated heterocycles. The van der Waals surface area contributed by atoms with Crippen molar-refractivity contribution in [2.24, 2.45) is 0 Å². The summed E-state index contributed by atoms with van der Waals surface area (Å²) in [5, 5.41) is 15.3. The van der Waals surface area contributed by atoms with Crippen LogP contribution in [0.4, 0.5) is 4.79 Å². The summed E-state index contributed by atoms with van der Waals surface area (Å²) in [4.78, 5) is 31.3. The molecule has 0 saturated carbocycles. The second-order valence-corrected chi connectivity index (χ2v) is 8.55. The largest absolute Gasteiger partial charge is 0.478 e. The fourth-order valence-corrected chi connectivity index (χ4v) is 4.32. The summed E-state index contributed by atoms with van der Waals surface area (Å²) in [6.07, 6.45) is 1.79. The molecule has 4 rings (SSSR count). The number of aromatic carboxylic acids is 1. The number of carboxylic acid groups (broad SMARTS) is 1. The van der Waals surface area contributed by atoms with Crippen LogP contribution < -0.4 is 0 Å². The number of rotatable bonds is 2. The van der Waals surface area contributed by atoms with Crippen LogP contribution in [0.3, 0.4) is 0 Å². The van der Waals surface area contributed by atoms with Crippen molar-refractivity contribution in [3.63, 3.8) is 0 Å². The fraction of sp³-hybridized carbons (Fsp3) is 0.368. The second kappa shape index (κ2) is 6.59. The highest BCUT2D eigenvalue weighted by atomic mass is 32.1. The number of nitrogens with zero attached hydrogens (tertiary/aromatic N) is 4. The number of aromatic nitrogens is 3. The molecule has 1 unspecified atom stereocenters. The molecular weight excluding hydrogens is 380 g/mol. The van der Waals surface area contributed by atoms with Crippen LogP contribution >= 0.6 is 11.3 Å². The zero-order valence-electron chi connectivity index (χ0n) is 15.7. The smallest absolute Gasteiger partial charge is 0.411 e. The van der Waals surface area contributed by atoms with Gasteiger partial charge in [0.15, 0.2) is 5.65 Å². The molecule has 3 aromatic rings. The molecule has 3 aromatic heterocycles. The van der Waals surface area contributed by atoms with Gasteiger partial charge in [-0.2, -0.15) is 5.10 Å². The molecule has 0 bridgehead atoms. The van der Waals surface area contributed by atoms with Crippen LogP contribution in [-0.4, -0.2) is 48.8 Å². The maximum Gasteiger partial charge on any atom is 0.411 e. The normalized spacial score (nSPS) is 16.8. The van der Waals surface area contributed by atoms with Crippen LogP contribution in [0, 0.1) is 0 Å². The summed E-state index contributed by atoms with van der Waals surface area (Å²) >= 11 is 1.30. The number of thiophene rings is 1. The van der Waals surface area contributed by atoms with E-state index >= 15 is 0 Å². The average Bonchev–Trinajstić information content (AvgIpc) is 3.24. The molecule has 9 heteroatoms. The minimum Gasteiger partial charge on any atom is -0.478 e. The third-order valence-electron chi connectivity index (χ3n) is 4.43. The first-order valence-electron chi connectivity index (χ1n) is 8.88. The summed E-state index contributed by atoms with van der Waals surface area (Å²) in [6, 6.07) is 4.76. The molecule has 146 valence electrons. The zero-order valence-corrected chi connectivity index (χ0v) is 16.6. The van der Waals surface area contributed by atoms with Gasteiger partial charge in [-0.3, -0.25) is 4.90 Å². The van der Waals surface area contributed by atoms with Crippen LogP contribution in [0.15, 0.2) is 29.8 Å². The Hall–Kier alpha value is -2.94. The molecular formula is C19H20N4O4S. The molecule has 1 amide bonds. The Balaban J connectivity index is 1.86. The number of hydrogen-bond donors (Lipinski definition) is 1. The molecule has 0 radical (unpaired) electrons. The first-order chi connectivity index (χ1) is 13.2. The molecule has 0 spiro atoms. The molecule has 1 aliphatic rings. The van der Waals surface area contributed by atoms with Gasteiger partial charge in [0.05, 0.1) is 17.0 Å². The molecule has 4 heterocycles. The third kappa shape index (κ3) is 3.22. The first kappa shape index (κ1) is 18.4. The lowest BCUT2D eigenvalue weighted by molar-refractivity contribution is 0.0175. The number of imidazole rings is 1. The van der Waals surface area contributed by atoms with Gasteiger partial charge in [0.2, 0.25) is 0 Å². The molecule has 1 N–H and O–H groups in total. The van der Waals surface area contributed by atoms with E-state index in [9.17, 15) is 14.7 Å². The van der Waals surface area contributed by atoms with Gasteiger partial charge in [0.1, 0.15) is 11.6 Å². The predicted octanol–water partition coefficient (Wildman–Crippen LogP) is 3.37. The lowest BCUT2D eigenvalue weighted by atomic mass is 10.0. The number of carbonyl (C=O) groups is 2. The Morgan fingerprint density at radius 2 is 2.14 bits per heavy atom. The van der Waals surface area contributed by atoms with Gasteiger partial charge in [-0.1, -0.05) is 0 Å². The van der Waals surface area contributed by atoms with Gasteiger partial charge >= 0.3 is 12.1 Å². The van der Waals surface area contributed by atoms with Crippen LogP contribution in [0.25, 0.3) is 5.65 Å². The molecule has 0 fully saturated rings. The highest BCUT2D eigenvalue weighted by Crippen LogP contribution is 2.38. The second-order valence-electron chi connectivity index (χ2n) is 7.61. The van der Waals surface area contributed by atoms with Crippen molar-refractivity contribution in [3.05, 3.63) is 51.6 Å². The molecule has 1 atom stereocenters. The van der Waals surface area contributed by atoms with Crippen molar-refractivity contribution < 1.29 is 19.4 Å². The Kier molecular flexibility index (Phi) is 4.34. The molecule has 1 aliphatic heterocycles. The monoisotopic (exact) mass is 400 g/mol. The van der Waals surface area contributed by atoms with E-state index in [0.717, 1.165) is 16.3 Å². The maximum absolute atomic E-state index is 12.9. The van der Waals surface area contributed by atoms with Crippen LogP contribution in [0.2, 0.25) is 0 Å². The lowest BCUT2D eigenvalue weighted by Crippen LogP contribution is -2.43. The SMILES string of the molecule is CC(C)(C)OC(=O)N1CCc2nc3cccnn3c2C1c1cc(C(=O)O)cs1. The van der Waals surface area contributed by atoms with Crippen molar-refractivity contribution in [2.45, 2.75) is 38.8 Å². The van der Waals surface area contributed by atoms with Gasteiger partial charge in [0, 0.05) is 29.4 Å². The minimum absolute atomic E-state index is 0.193. The molecule has 8 nitrogen and oxygen atoms in total. The van der Waals surface area contributed by atoms with Gasteiger partial charge in [0.25, 0.3) is 0 Å². The van der Waals surface area contributed by atoms with E-state index in [1.54, 1.807) is 27.1 Å². The predicted molar refractivity (Wildman–Crippen MR) is 103 cm³/mol. The van der Waals surface area contributed by atoms with Crippen molar-refractivity contribution in [2.75, 3.05) is 6.54 Å². The number of carbonyl (C=O) groups excluding carboxylic acids is 1. The number of amides is 1. The summed E-state index contributed by atoms with van der Waals surface area (Å²) < 4.78 is 7.33. The highest BCUT2D eigenvalue weighted by Gasteiger charge is 2.39. The van der Waals surface area contributed by atoms with E-state index in [-0.39, 0.29) is 5.56 Å². The summed E-state index contributed by atoms with van der Waals surface area (Å²) in [6.45, 7) is 5.88. The number of ether oxygens (including phenoxy) is 1. The van der Waals surface area contributed by atoms with E-state index in [0.29, 0.717) is 18.6 Å². The maximum atomic E-state index is 12.9. The van der Waals surface area contributed by atoms with E-state index in [4.69, 9.17) is 4.74 Å². The van der Waals surface area contributed by atoms with E-state index in [1.807, 2.05) is 32.9 Å². The Morgan fingerprint density at radius 3 is 2.82 bits per heavy atom. The van der Waals surface area contributed by atoms with E-state index in [1.165, 1.54) is 11.3 Å². The number of fused-ring (bicyclic) bond motifs is 3.